The van der Waals surface area contributed by atoms with Crippen molar-refractivity contribution in [2.24, 2.45) is 0 Å². The summed E-state index contributed by atoms with van der Waals surface area (Å²) in [6.45, 7) is 1.47. The first-order chi connectivity index (χ1) is 10.8. The number of rotatable bonds is 6. The number of nitro benzene ring substituents is 1. The van der Waals surface area contributed by atoms with Crippen LogP contribution in [0.1, 0.15) is 18.1 Å². The Bertz CT molecular complexity index is 720. The summed E-state index contributed by atoms with van der Waals surface area (Å²) in [5, 5.41) is 24.1. The van der Waals surface area contributed by atoms with Crippen LogP contribution in [-0.2, 0) is 12.1 Å². The Hall–Kier alpha value is -2.38. The van der Waals surface area contributed by atoms with Gasteiger partial charge >= 0.3 is 0 Å². The SMILES string of the molecule is CC(O)(CNCc1ccccc1[N+](=O)[O-])c1ccc(F)cc1F. The smallest absolute Gasteiger partial charge is 0.273 e. The summed E-state index contributed by atoms with van der Waals surface area (Å²) in [5.74, 6) is -1.57. The first kappa shape index (κ1) is 17.0. The maximum Gasteiger partial charge on any atom is 0.273 e. The average Bonchev–Trinajstić information content (AvgIpc) is 2.47. The highest BCUT2D eigenvalue weighted by Gasteiger charge is 2.26. The molecule has 1 unspecified atom stereocenters. The van der Waals surface area contributed by atoms with Crippen molar-refractivity contribution in [2.75, 3.05) is 6.54 Å². The molecule has 0 bridgehead atoms. The van der Waals surface area contributed by atoms with Crippen molar-refractivity contribution >= 4 is 5.69 Å². The van der Waals surface area contributed by atoms with E-state index in [0.717, 1.165) is 6.07 Å². The molecule has 2 aromatic carbocycles. The first-order valence-corrected chi connectivity index (χ1v) is 6.92. The molecule has 0 amide bonds. The number of benzene rings is 2. The molecule has 0 aliphatic heterocycles. The first-order valence-electron chi connectivity index (χ1n) is 6.92. The van der Waals surface area contributed by atoms with Gasteiger partial charge in [-0.25, -0.2) is 8.78 Å². The van der Waals surface area contributed by atoms with Crippen molar-refractivity contribution in [3.63, 3.8) is 0 Å². The maximum absolute atomic E-state index is 13.7. The van der Waals surface area contributed by atoms with Gasteiger partial charge in [0.1, 0.15) is 17.2 Å². The van der Waals surface area contributed by atoms with E-state index in [-0.39, 0.29) is 24.3 Å². The molecule has 0 spiro atoms. The lowest BCUT2D eigenvalue weighted by Gasteiger charge is -2.25. The zero-order chi connectivity index (χ0) is 17.0. The van der Waals surface area contributed by atoms with E-state index in [4.69, 9.17) is 0 Å². The zero-order valence-electron chi connectivity index (χ0n) is 12.4. The second kappa shape index (κ2) is 6.80. The van der Waals surface area contributed by atoms with E-state index in [2.05, 4.69) is 5.32 Å². The van der Waals surface area contributed by atoms with Crippen LogP contribution in [0.15, 0.2) is 42.5 Å². The van der Waals surface area contributed by atoms with Crippen LogP contribution in [0.5, 0.6) is 0 Å². The van der Waals surface area contributed by atoms with Gasteiger partial charge in [0.15, 0.2) is 0 Å². The van der Waals surface area contributed by atoms with Gasteiger partial charge in [-0.05, 0) is 13.0 Å². The molecule has 0 aromatic heterocycles. The van der Waals surface area contributed by atoms with E-state index >= 15 is 0 Å². The Morgan fingerprint density at radius 2 is 1.96 bits per heavy atom. The molecule has 5 nitrogen and oxygen atoms in total. The molecular formula is C16H16F2N2O3. The molecule has 0 saturated carbocycles. The van der Waals surface area contributed by atoms with Gasteiger partial charge in [-0.3, -0.25) is 10.1 Å². The van der Waals surface area contributed by atoms with Crippen LogP contribution in [0, 0.1) is 21.7 Å². The normalized spacial score (nSPS) is 13.6. The minimum absolute atomic E-state index is 0.0346. The highest BCUT2D eigenvalue weighted by Crippen LogP contribution is 2.24. The van der Waals surface area contributed by atoms with Crippen molar-refractivity contribution in [1.82, 2.24) is 5.32 Å². The second-order valence-electron chi connectivity index (χ2n) is 5.39. The number of nitrogens with zero attached hydrogens (tertiary/aromatic N) is 1. The van der Waals surface area contributed by atoms with Gasteiger partial charge in [0.05, 0.1) is 4.92 Å². The molecule has 0 fully saturated rings. The average molecular weight is 322 g/mol. The van der Waals surface area contributed by atoms with Crippen molar-refractivity contribution < 1.29 is 18.8 Å². The van der Waals surface area contributed by atoms with Crippen LogP contribution < -0.4 is 5.32 Å². The molecule has 2 N–H and O–H groups in total. The van der Waals surface area contributed by atoms with E-state index in [1.807, 2.05) is 0 Å². The van der Waals surface area contributed by atoms with E-state index in [0.29, 0.717) is 11.6 Å². The minimum Gasteiger partial charge on any atom is -0.384 e. The highest BCUT2D eigenvalue weighted by atomic mass is 19.1. The van der Waals surface area contributed by atoms with Gasteiger partial charge in [0, 0.05) is 36.3 Å². The molecule has 2 aromatic rings. The monoisotopic (exact) mass is 322 g/mol. The van der Waals surface area contributed by atoms with Crippen molar-refractivity contribution in [2.45, 2.75) is 19.1 Å². The van der Waals surface area contributed by atoms with Crippen molar-refractivity contribution in [3.8, 4) is 0 Å². The van der Waals surface area contributed by atoms with Crippen LogP contribution in [0.3, 0.4) is 0 Å². The molecule has 0 heterocycles. The number of hydrogen-bond acceptors (Lipinski definition) is 4. The Balaban J connectivity index is 2.07. The third-order valence-electron chi connectivity index (χ3n) is 3.48. The number of nitro groups is 1. The quantitative estimate of drug-likeness (QED) is 0.633. The molecule has 0 aliphatic carbocycles. The summed E-state index contributed by atoms with van der Waals surface area (Å²) in [4.78, 5) is 10.4. The number of halogens is 2. The van der Waals surface area contributed by atoms with Gasteiger partial charge < -0.3 is 10.4 Å². The van der Waals surface area contributed by atoms with Gasteiger partial charge in [-0.2, -0.15) is 0 Å². The van der Waals surface area contributed by atoms with Crippen LogP contribution in [-0.4, -0.2) is 16.6 Å². The Morgan fingerprint density at radius 3 is 2.61 bits per heavy atom. The third-order valence-corrected chi connectivity index (χ3v) is 3.48. The second-order valence-corrected chi connectivity index (χ2v) is 5.39. The summed E-state index contributed by atoms with van der Waals surface area (Å²) in [6, 6.07) is 9.15. The van der Waals surface area contributed by atoms with Crippen LogP contribution in [0.25, 0.3) is 0 Å². The molecule has 0 aliphatic rings. The Labute approximate surface area is 131 Å². The standard InChI is InChI=1S/C16H16F2N2O3/c1-16(21,13-7-6-12(17)8-14(13)18)10-19-9-11-4-2-3-5-15(11)20(22)23/h2-8,19,21H,9-10H2,1H3. The lowest BCUT2D eigenvalue weighted by molar-refractivity contribution is -0.385. The lowest BCUT2D eigenvalue weighted by Crippen LogP contribution is -2.36. The Kier molecular flexibility index (Phi) is 5.02. The fraction of sp³-hybridized carbons (Fsp3) is 0.250. The zero-order valence-corrected chi connectivity index (χ0v) is 12.4. The molecule has 1 atom stereocenters. The minimum atomic E-state index is -1.58. The summed E-state index contributed by atoms with van der Waals surface area (Å²) in [6.07, 6.45) is 0. The summed E-state index contributed by atoms with van der Waals surface area (Å²) in [7, 11) is 0. The van der Waals surface area contributed by atoms with Gasteiger partial charge in [-0.15, -0.1) is 0 Å². The van der Waals surface area contributed by atoms with E-state index < -0.39 is 22.2 Å². The molecule has 122 valence electrons. The number of nitrogens with one attached hydrogen (secondary N) is 1. The number of aliphatic hydroxyl groups is 1. The van der Waals surface area contributed by atoms with E-state index in [1.165, 1.54) is 19.1 Å². The fourth-order valence-corrected chi connectivity index (χ4v) is 2.30. The van der Waals surface area contributed by atoms with Crippen LogP contribution in [0.4, 0.5) is 14.5 Å². The predicted molar refractivity (Wildman–Crippen MR) is 80.7 cm³/mol. The maximum atomic E-state index is 13.7. The Morgan fingerprint density at radius 1 is 1.26 bits per heavy atom. The van der Waals surface area contributed by atoms with Gasteiger partial charge in [0.2, 0.25) is 0 Å². The topological polar surface area (TPSA) is 75.4 Å². The fourth-order valence-electron chi connectivity index (χ4n) is 2.30. The molecule has 23 heavy (non-hydrogen) atoms. The molecule has 0 radical (unpaired) electrons. The lowest BCUT2D eigenvalue weighted by atomic mass is 9.95. The van der Waals surface area contributed by atoms with Gasteiger partial charge in [-0.1, -0.05) is 24.3 Å². The van der Waals surface area contributed by atoms with Crippen LogP contribution in [0.2, 0.25) is 0 Å². The summed E-state index contributed by atoms with van der Waals surface area (Å²) < 4.78 is 26.7. The molecule has 0 saturated heterocycles. The van der Waals surface area contributed by atoms with Crippen molar-refractivity contribution in [3.05, 3.63) is 75.3 Å². The number of para-hydroxylation sites is 1. The molecule has 2 rings (SSSR count). The third kappa shape index (κ3) is 4.08. The van der Waals surface area contributed by atoms with Gasteiger partial charge in [0.25, 0.3) is 5.69 Å². The van der Waals surface area contributed by atoms with Crippen LogP contribution >= 0.6 is 0 Å². The predicted octanol–water partition coefficient (Wildman–Crippen LogP) is 2.87. The summed E-state index contributed by atoms with van der Waals surface area (Å²) in [5.41, 5.74) is -1.21. The highest BCUT2D eigenvalue weighted by molar-refractivity contribution is 5.39. The van der Waals surface area contributed by atoms with Crippen molar-refractivity contribution in [1.29, 1.82) is 0 Å². The van der Waals surface area contributed by atoms with E-state index in [1.54, 1.807) is 18.2 Å². The largest absolute Gasteiger partial charge is 0.384 e. The molecule has 7 heteroatoms. The number of hydrogen-bond donors (Lipinski definition) is 2. The van der Waals surface area contributed by atoms with E-state index in [9.17, 15) is 24.0 Å². The summed E-state index contributed by atoms with van der Waals surface area (Å²) >= 11 is 0. The molecular weight excluding hydrogens is 306 g/mol.